The molecule has 3 heteroatoms. The lowest BCUT2D eigenvalue weighted by Crippen LogP contribution is -2.47. The smallest absolute Gasteiger partial charge is 0.224 e. The molecule has 1 heterocycles. The zero-order valence-electron chi connectivity index (χ0n) is 11.0. The number of hydrogen-bond donors (Lipinski definition) is 2. The third-order valence-electron chi connectivity index (χ3n) is 4.43. The van der Waals surface area contributed by atoms with Gasteiger partial charge in [0.1, 0.15) is 0 Å². The molecule has 0 aromatic carbocycles. The summed E-state index contributed by atoms with van der Waals surface area (Å²) in [5, 5.41) is 6.63. The molecule has 3 nitrogen and oxygen atoms in total. The van der Waals surface area contributed by atoms with Crippen LogP contribution < -0.4 is 10.6 Å². The Kier molecular flexibility index (Phi) is 4.84. The number of nitrogens with one attached hydrogen (secondary N) is 2. The fourth-order valence-electron chi connectivity index (χ4n) is 3.26. The topological polar surface area (TPSA) is 41.1 Å². The lowest BCUT2D eigenvalue weighted by molar-refractivity contribution is -0.126. The first-order chi connectivity index (χ1) is 8.31. The number of piperidine rings is 1. The Morgan fingerprint density at radius 3 is 2.76 bits per heavy atom. The first-order valence-corrected chi connectivity index (χ1v) is 7.32. The molecule has 2 aliphatic rings. The third kappa shape index (κ3) is 3.44. The van der Waals surface area contributed by atoms with E-state index >= 15 is 0 Å². The van der Waals surface area contributed by atoms with Gasteiger partial charge in [-0.15, -0.1) is 0 Å². The number of amides is 1. The average molecular weight is 238 g/mol. The minimum absolute atomic E-state index is 0.211. The molecule has 2 N–H and O–H groups in total. The van der Waals surface area contributed by atoms with Gasteiger partial charge in [-0.25, -0.2) is 0 Å². The molecule has 3 atom stereocenters. The quantitative estimate of drug-likeness (QED) is 0.790. The Morgan fingerprint density at radius 2 is 2.06 bits per heavy atom. The van der Waals surface area contributed by atoms with Crippen molar-refractivity contribution in [2.24, 2.45) is 11.8 Å². The Morgan fingerprint density at radius 1 is 1.24 bits per heavy atom. The maximum absolute atomic E-state index is 12.2. The zero-order chi connectivity index (χ0) is 12.1. The summed E-state index contributed by atoms with van der Waals surface area (Å²) in [6.07, 6.45) is 8.51. The Balaban J connectivity index is 1.83. The van der Waals surface area contributed by atoms with E-state index < -0.39 is 0 Å². The Hall–Kier alpha value is -0.570. The van der Waals surface area contributed by atoms with Crippen LogP contribution in [0.3, 0.4) is 0 Å². The van der Waals surface area contributed by atoms with E-state index in [9.17, 15) is 4.79 Å². The van der Waals surface area contributed by atoms with Crippen LogP contribution in [-0.4, -0.2) is 25.0 Å². The van der Waals surface area contributed by atoms with Gasteiger partial charge in [0.25, 0.3) is 0 Å². The maximum Gasteiger partial charge on any atom is 0.224 e. The molecule has 1 saturated carbocycles. The SMILES string of the molecule is CCC1CCCCC1NC(=O)C1CCCNC1. The van der Waals surface area contributed by atoms with Gasteiger partial charge in [0.05, 0.1) is 5.92 Å². The van der Waals surface area contributed by atoms with Crippen LogP contribution in [0.25, 0.3) is 0 Å². The van der Waals surface area contributed by atoms with Gasteiger partial charge in [0.2, 0.25) is 5.91 Å². The summed E-state index contributed by atoms with van der Waals surface area (Å²) >= 11 is 0. The summed E-state index contributed by atoms with van der Waals surface area (Å²) < 4.78 is 0. The van der Waals surface area contributed by atoms with Gasteiger partial charge in [0.15, 0.2) is 0 Å². The lowest BCUT2D eigenvalue weighted by atomic mass is 9.82. The minimum Gasteiger partial charge on any atom is -0.353 e. The predicted octanol–water partition coefficient (Wildman–Crippen LogP) is 2.07. The van der Waals surface area contributed by atoms with Gasteiger partial charge < -0.3 is 10.6 Å². The van der Waals surface area contributed by atoms with Crippen molar-refractivity contribution in [1.82, 2.24) is 10.6 Å². The molecule has 0 spiro atoms. The van der Waals surface area contributed by atoms with Gasteiger partial charge in [-0.3, -0.25) is 4.79 Å². The van der Waals surface area contributed by atoms with E-state index in [1.54, 1.807) is 0 Å². The van der Waals surface area contributed by atoms with Crippen LogP contribution in [0.2, 0.25) is 0 Å². The Bertz CT molecular complexity index is 249. The van der Waals surface area contributed by atoms with E-state index in [0.717, 1.165) is 25.9 Å². The van der Waals surface area contributed by atoms with E-state index in [-0.39, 0.29) is 5.92 Å². The van der Waals surface area contributed by atoms with Crippen LogP contribution in [0, 0.1) is 11.8 Å². The van der Waals surface area contributed by atoms with E-state index in [2.05, 4.69) is 17.6 Å². The molecule has 3 unspecified atom stereocenters. The van der Waals surface area contributed by atoms with E-state index in [1.165, 1.54) is 32.1 Å². The molecule has 17 heavy (non-hydrogen) atoms. The second kappa shape index (κ2) is 6.39. The molecule has 0 radical (unpaired) electrons. The lowest BCUT2D eigenvalue weighted by Gasteiger charge is -2.33. The van der Waals surface area contributed by atoms with Gasteiger partial charge >= 0.3 is 0 Å². The highest BCUT2D eigenvalue weighted by molar-refractivity contribution is 5.79. The second-order valence-electron chi connectivity index (χ2n) is 5.61. The summed E-state index contributed by atoms with van der Waals surface area (Å²) in [4.78, 5) is 12.2. The number of hydrogen-bond acceptors (Lipinski definition) is 2. The molecule has 0 aromatic heterocycles. The van der Waals surface area contributed by atoms with E-state index in [0.29, 0.717) is 17.9 Å². The van der Waals surface area contributed by atoms with Crippen molar-refractivity contribution in [1.29, 1.82) is 0 Å². The van der Waals surface area contributed by atoms with Crippen LogP contribution in [0.1, 0.15) is 51.9 Å². The molecule has 98 valence electrons. The minimum atomic E-state index is 0.211. The second-order valence-corrected chi connectivity index (χ2v) is 5.61. The third-order valence-corrected chi connectivity index (χ3v) is 4.43. The fraction of sp³-hybridized carbons (Fsp3) is 0.929. The molecular weight excluding hydrogens is 212 g/mol. The van der Waals surface area contributed by atoms with Crippen LogP contribution in [0.15, 0.2) is 0 Å². The number of carbonyl (C=O) groups is 1. The molecule has 2 fully saturated rings. The molecule has 1 aliphatic heterocycles. The maximum atomic E-state index is 12.2. The molecule has 1 aliphatic carbocycles. The van der Waals surface area contributed by atoms with Gasteiger partial charge in [-0.05, 0) is 38.1 Å². The Labute approximate surface area is 105 Å². The summed E-state index contributed by atoms with van der Waals surface area (Å²) in [6, 6.07) is 0.447. The summed E-state index contributed by atoms with van der Waals surface area (Å²) in [6.45, 7) is 4.19. The summed E-state index contributed by atoms with van der Waals surface area (Å²) in [5.74, 6) is 1.22. The van der Waals surface area contributed by atoms with Gasteiger partial charge in [-0.1, -0.05) is 26.2 Å². The molecular formula is C14H26N2O. The largest absolute Gasteiger partial charge is 0.353 e. The van der Waals surface area contributed by atoms with E-state index in [4.69, 9.17) is 0 Å². The monoisotopic (exact) mass is 238 g/mol. The average Bonchev–Trinajstić information content (AvgIpc) is 2.40. The number of carbonyl (C=O) groups excluding carboxylic acids is 1. The van der Waals surface area contributed by atoms with Crippen molar-refractivity contribution in [2.45, 2.75) is 57.9 Å². The predicted molar refractivity (Wildman–Crippen MR) is 69.8 cm³/mol. The highest BCUT2D eigenvalue weighted by Gasteiger charge is 2.28. The van der Waals surface area contributed by atoms with Crippen molar-refractivity contribution in [3.8, 4) is 0 Å². The summed E-state index contributed by atoms with van der Waals surface area (Å²) in [7, 11) is 0. The molecule has 1 saturated heterocycles. The van der Waals surface area contributed by atoms with E-state index in [1.807, 2.05) is 0 Å². The van der Waals surface area contributed by atoms with Crippen molar-refractivity contribution in [2.75, 3.05) is 13.1 Å². The zero-order valence-corrected chi connectivity index (χ0v) is 11.0. The highest BCUT2D eigenvalue weighted by atomic mass is 16.2. The molecule has 1 amide bonds. The molecule has 0 bridgehead atoms. The molecule has 0 aromatic rings. The highest BCUT2D eigenvalue weighted by Crippen LogP contribution is 2.27. The van der Waals surface area contributed by atoms with Crippen molar-refractivity contribution in [3.05, 3.63) is 0 Å². The van der Waals surface area contributed by atoms with Crippen LogP contribution in [0.5, 0.6) is 0 Å². The first-order valence-electron chi connectivity index (χ1n) is 7.32. The first kappa shape index (κ1) is 12.9. The van der Waals surface area contributed by atoms with Crippen molar-refractivity contribution in [3.63, 3.8) is 0 Å². The van der Waals surface area contributed by atoms with Gasteiger partial charge in [-0.2, -0.15) is 0 Å². The van der Waals surface area contributed by atoms with Crippen molar-refractivity contribution < 1.29 is 4.79 Å². The number of rotatable bonds is 3. The van der Waals surface area contributed by atoms with Crippen LogP contribution >= 0.6 is 0 Å². The standard InChI is InChI=1S/C14H26N2O/c1-2-11-6-3-4-8-13(11)16-14(17)12-7-5-9-15-10-12/h11-13,15H,2-10H2,1H3,(H,16,17). The van der Waals surface area contributed by atoms with Crippen LogP contribution in [0.4, 0.5) is 0 Å². The summed E-state index contributed by atoms with van der Waals surface area (Å²) in [5.41, 5.74) is 0. The normalized spacial score (nSPS) is 34.3. The fourth-order valence-corrected chi connectivity index (χ4v) is 3.26. The molecule has 2 rings (SSSR count). The van der Waals surface area contributed by atoms with Crippen LogP contribution in [-0.2, 0) is 4.79 Å². The van der Waals surface area contributed by atoms with Gasteiger partial charge in [0, 0.05) is 12.6 Å². The van der Waals surface area contributed by atoms with Crippen molar-refractivity contribution >= 4 is 5.91 Å².